The number of rotatable bonds is 14. The molecule has 1 saturated carbocycles. The lowest BCUT2D eigenvalue weighted by molar-refractivity contribution is 0.0914. The number of fused-ring (bicyclic) bond motifs is 1. The smallest absolute Gasteiger partial charge is 0.251 e. The fourth-order valence-corrected chi connectivity index (χ4v) is 5.17. The Morgan fingerprint density at radius 1 is 0.976 bits per heavy atom. The number of aryl methyl sites for hydroxylation is 2. The van der Waals surface area contributed by atoms with Crippen LogP contribution in [0.4, 0.5) is 0 Å². The van der Waals surface area contributed by atoms with Crippen LogP contribution in [0.25, 0.3) is 22.0 Å². The van der Waals surface area contributed by atoms with E-state index >= 15 is 0 Å². The Morgan fingerprint density at radius 3 is 2.46 bits per heavy atom. The van der Waals surface area contributed by atoms with Crippen LogP contribution in [0.1, 0.15) is 64.4 Å². The molecule has 1 aliphatic rings. The van der Waals surface area contributed by atoms with Crippen molar-refractivity contribution in [3.05, 3.63) is 95.2 Å². The molecular formula is C35H38N2O4. The van der Waals surface area contributed by atoms with Gasteiger partial charge in [0.15, 0.2) is 5.78 Å². The minimum Gasteiger partial charge on any atom is -0.496 e. The summed E-state index contributed by atoms with van der Waals surface area (Å²) in [5, 5.41) is 3.87. The molecule has 0 unspecified atom stereocenters. The van der Waals surface area contributed by atoms with Gasteiger partial charge in [0, 0.05) is 53.9 Å². The van der Waals surface area contributed by atoms with Crippen molar-refractivity contribution < 1.29 is 19.1 Å². The Bertz CT molecular complexity index is 1490. The summed E-state index contributed by atoms with van der Waals surface area (Å²) >= 11 is 0. The van der Waals surface area contributed by atoms with E-state index in [1.54, 1.807) is 13.3 Å². The topological polar surface area (TPSA) is 77.5 Å². The monoisotopic (exact) mass is 550 g/mol. The van der Waals surface area contributed by atoms with Crippen molar-refractivity contribution >= 4 is 22.6 Å². The molecule has 3 aromatic carbocycles. The van der Waals surface area contributed by atoms with Gasteiger partial charge < -0.3 is 14.8 Å². The van der Waals surface area contributed by atoms with Crippen LogP contribution in [0.5, 0.6) is 5.75 Å². The number of amides is 1. The summed E-state index contributed by atoms with van der Waals surface area (Å²) < 4.78 is 11.2. The number of carbonyl (C=O) groups is 2. The first-order chi connectivity index (χ1) is 20.1. The second-order valence-electron chi connectivity index (χ2n) is 10.7. The number of aromatic nitrogens is 1. The third kappa shape index (κ3) is 7.19. The van der Waals surface area contributed by atoms with E-state index in [1.807, 2.05) is 48.5 Å². The quantitative estimate of drug-likeness (QED) is 0.137. The van der Waals surface area contributed by atoms with Crippen LogP contribution < -0.4 is 10.1 Å². The van der Waals surface area contributed by atoms with Crippen LogP contribution in [-0.4, -0.2) is 43.5 Å². The van der Waals surface area contributed by atoms with E-state index in [2.05, 4.69) is 30.4 Å². The Kier molecular flexibility index (Phi) is 9.42. The lowest BCUT2D eigenvalue weighted by atomic mass is 9.91. The average molecular weight is 551 g/mol. The number of ether oxygens (including phenoxy) is 2. The van der Waals surface area contributed by atoms with E-state index < -0.39 is 0 Å². The van der Waals surface area contributed by atoms with Gasteiger partial charge in [-0.05, 0) is 72.9 Å². The van der Waals surface area contributed by atoms with E-state index in [4.69, 9.17) is 14.5 Å². The van der Waals surface area contributed by atoms with Crippen LogP contribution in [0.2, 0.25) is 0 Å². The maximum absolute atomic E-state index is 13.4. The Hall–Kier alpha value is -4.03. The maximum Gasteiger partial charge on any atom is 0.251 e. The van der Waals surface area contributed by atoms with E-state index in [9.17, 15) is 9.59 Å². The van der Waals surface area contributed by atoms with Crippen molar-refractivity contribution in [2.75, 3.05) is 26.9 Å². The Labute approximate surface area is 242 Å². The second-order valence-corrected chi connectivity index (χ2v) is 10.7. The largest absolute Gasteiger partial charge is 0.496 e. The molecule has 4 aromatic rings. The predicted octanol–water partition coefficient (Wildman–Crippen LogP) is 6.83. The minimum absolute atomic E-state index is 0.131. The summed E-state index contributed by atoms with van der Waals surface area (Å²) in [6.07, 6.45) is 7.13. The van der Waals surface area contributed by atoms with Crippen LogP contribution in [0.15, 0.2) is 72.9 Å². The average Bonchev–Trinajstić information content (AvgIpc) is 3.83. The summed E-state index contributed by atoms with van der Waals surface area (Å²) in [4.78, 5) is 30.7. The van der Waals surface area contributed by atoms with Gasteiger partial charge in [-0.1, -0.05) is 49.4 Å². The van der Waals surface area contributed by atoms with Crippen molar-refractivity contribution in [1.29, 1.82) is 0 Å². The summed E-state index contributed by atoms with van der Waals surface area (Å²) in [5.41, 5.74) is 6.21. The number of methoxy groups -OCH3 is 1. The number of Topliss-reactive ketones (excluding diaryl/α,β-unsaturated/α-hetero) is 1. The summed E-state index contributed by atoms with van der Waals surface area (Å²) in [6.45, 7) is 3.72. The molecule has 0 saturated heterocycles. The van der Waals surface area contributed by atoms with Crippen LogP contribution in [0, 0.1) is 5.92 Å². The van der Waals surface area contributed by atoms with Crippen LogP contribution in [-0.2, 0) is 17.6 Å². The molecule has 6 heteroatoms. The molecule has 1 amide bonds. The normalized spacial score (nSPS) is 12.8. The van der Waals surface area contributed by atoms with Gasteiger partial charge in [0.2, 0.25) is 0 Å². The summed E-state index contributed by atoms with van der Waals surface area (Å²) in [7, 11) is 1.65. The number of hydrogen-bond donors (Lipinski definition) is 1. The molecule has 1 aliphatic carbocycles. The van der Waals surface area contributed by atoms with Gasteiger partial charge in [-0.25, -0.2) is 0 Å². The lowest BCUT2D eigenvalue weighted by Gasteiger charge is -2.16. The molecule has 0 bridgehead atoms. The molecule has 0 atom stereocenters. The predicted molar refractivity (Wildman–Crippen MR) is 163 cm³/mol. The van der Waals surface area contributed by atoms with Gasteiger partial charge in [0.1, 0.15) is 5.75 Å². The van der Waals surface area contributed by atoms with Gasteiger partial charge in [0.05, 0.1) is 19.2 Å². The molecule has 1 aromatic heterocycles. The van der Waals surface area contributed by atoms with E-state index in [1.165, 1.54) is 5.56 Å². The fraction of sp³-hybridized carbons (Fsp3) is 0.343. The first kappa shape index (κ1) is 28.5. The number of hydrogen-bond acceptors (Lipinski definition) is 5. The molecular weight excluding hydrogens is 512 g/mol. The minimum atomic E-state index is -0.131. The van der Waals surface area contributed by atoms with Crippen LogP contribution in [0.3, 0.4) is 0 Å². The zero-order valence-electron chi connectivity index (χ0n) is 23.9. The number of nitrogens with zero attached hydrogens (tertiary/aromatic N) is 1. The number of carbonyl (C=O) groups excluding carboxylic acids is 2. The van der Waals surface area contributed by atoms with Crippen molar-refractivity contribution in [2.24, 2.45) is 5.92 Å². The molecule has 41 heavy (non-hydrogen) atoms. The highest BCUT2D eigenvalue weighted by Crippen LogP contribution is 2.38. The molecule has 1 N–H and O–H groups in total. The molecule has 212 valence electrons. The summed E-state index contributed by atoms with van der Waals surface area (Å²) in [5.74, 6) is 1.25. The molecule has 0 radical (unpaired) electrons. The van der Waals surface area contributed by atoms with Gasteiger partial charge in [-0.3, -0.25) is 14.6 Å². The summed E-state index contributed by atoms with van der Waals surface area (Å²) in [6, 6.07) is 21.9. The zero-order chi connectivity index (χ0) is 28.6. The first-order valence-corrected chi connectivity index (χ1v) is 14.6. The second kappa shape index (κ2) is 13.6. The molecule has 0 spiro atoms. The number of ketones is 1. The molecule has 0 aliphatic heterocycles. The van der Waals surface area contributed by atoms with Crippen molar-refractivity contribution in [1.82, 2.24) is 10.3 Å². The highest BCUT2D eigenvalue weighted by atomic mass is 16.5. The van der Waals surface area contributed by atoms with Gasteiger partial charge in [-0.15, -0.1) is 0 Å². The first-order valence-electron chi connectivity index (χ1n) is 14.6. The van der Waals surface area contributed by atoms with E-state index in [0.717, 1.165) is 65.3 Å². The standard InChI is InChI=1S/C35H38N2O4/c1-3-18-41-19-17-36-35(39)27-14-12-26(13-15-27)29-21-30-28(16-11-24-7-5-4-6-8-24)31(33(38)20-25-9-10-25)23-37-32(30)22-34(29)40-2/h4-8,12-15,21-23,25H,3,9-11,16-20H2,1-2H3,(H,36,39). The van der Waals surface area contributed by atoms with Crippen molar-refractivity contribution in [3.63, 3.8) is 0 Å². The van der Waals surface area contributed by atoms with Gasteiger partial charge in [-0.2, -0.15) is 0 Å². The zero-order valence-corrected chi connectivity index (χ0v) is 23.9. The SMILES string of the molecule is CCCOCCNC(=O)c1ccc(-c2cc3c(CCc4ccccc4)c(C(=O)CC4CC4)cnc3cc2OC)cc1. The fourth-order valence-electron chi connectivity index (χ4n) is 5.17. The third-order valence-corrected chi connectivity index (χ3v) is 7.62. The molecule has 1 heterocycles. The highest BCUT2D eigenvalue weighted by molar-refractivity contribution is 6.03. The van der Waals surface area contributed by atoms with Gasteiger partial charge >= 0.3 is 0 Å². The number of pyridine rings is 1. The molecule has 6 nitrogen and oxygen atoms in total. The van der Waals surface area contributed by atoms with Crippen molar-refractivity contribution in [2.45, 2.75) is 45.4 Å². The van der Waals surface area contributed by atoms with Crippen LogP contribution >= 0.6 is 0 Å². The molecule has 5 rings (SSSR count). The van der Waals surface area contributed by atoms with E-state index in [0.29, 0.717) is 43.4 Å². The maximum atomic E-state index is 13.4. The molecule has 1 fully saturated rings. The van der Waals surface area contributed by atoms with Gasteiger partial charge in [0.25, 0.3) is 5.91 Å². The number of benzene rings is 3. The third-order valence-electron chi connectivity index (χ3n) is 7.62. The van der Waals surface area contributed by atoms with Crippen molar-refractivity contribution in [3.8, 4) is 16.9 Å². The van der Waals surface area contributed by atoms with E-state index in [-0.39, 0.29) is 11.7 Å². The number of nitrogens with one attached hydrogen (secondary N) is 1. The lowest BCUT2D eigenvalue weighted by Crippen LogP contribution is -2.27. The Morgan fingerprint density at radius 2 is 1.76 bits per heavy atom. The highest BCUT2D eigenvalue weighted by Gasteiger charge is 2.27. The Balaban J connectivity index is 1.46.